The van der Waals surface area contributed by atoms with Crippen LogP contribution in [0.1, 0.15) is 34.1 Å². The van der Waals surface area contributed by atoms with Crippen LogP contribution in [0.25, 0.3) is 11.8 Å². The van der Waals surface area contributed by atoms with Gasteiger partial charge in [0.15, 0.2) is 5.82 Å². The van der Waals surface area contributed by atoms with E-state index in [0.717, 1.165) is 60.9 Å². The highest BCUT2D eigenvalue weighted by atomic mass is 35.5. The van der Waals surface area contributed by atoms with E-state index >= 15 is 0 Å². The summed E-state index contributed by atoms with van der Waals surface area (Å²) in [5.41, 5.74) is 5.48. The van der Waals surface area contributed by atoms with Gasteiger partial charge in [-0.1, -0.05) is 96.0 Å². The summed E-state index contributed by atoms with van der Waals surface area (Å²) < 4.78 is 8.12. The topological polar surface area (TPSA) is 59.3 Å². The van der Waals surface area contributed by atoms with Crippen LogP contribution in [0.5, 0.6) is 11.5 Å². The number of hydrogen-bond acceptors (Lipinski definition) is 6. The molecule has 1 aromatic heterocycles. The van der Waals surface area contributed by atoms with E-state index in [1.165, 1.54) is 5.56 Å². The number of halogens is 2. The zero-order chi connectivity index (χ0) is 30.5. The summed E-state index contributed by atoms with van der Waals surface area (Å²) in [5.74, 6) is 2.03. The molecule has 1 saturated heterocycles. The van der Waals surface area contributed by atoms with E-state index in [1.54, 1.807) is 18.2 Å². The molecule has 0 amide bonds. The quantitative estimate of drug-likeness (QED) is 0.167. The normalized spacial score (nSPS) is 15.1. The van der Waals surface area contributed by atoms with Gasteiger partial charge in [-0.2, -0.15) is 4.68 Å². The molecule has 0 aliphatic carbocycles. The van der Waals surface area contributed by atoms with E-state index in [2.05, 4.69) is 106 Å². The third-order valence-electron chi connectivity index (χ3n) is 7.88. The summed E-state index contributed by atoms with van der Waals surface area (Å²) in [4.78, 5) is 4.94. The molecule has 4 aromatic carbocycles. The van der Waals surface area contributed by atoms with E-state index in [-0.39, 0.29) is 6.04 Å². The fraction of sp³-hybridized carbons (Fsp3) is 0.229. The van der Waals surface area contributed by atoms with Gasteiger partial charge in [0.05, 0.1) is 11.7 Å². The zero-order valence-corrected chi connectivity index (χ0v) is 26.3. The lowest BCUT2D eigenvalue weighted by Crippen LogP contribution is -2.48. The fourth-order valence-electron chi connectivity index (χ4n) is 5.76. The predicted molar refractivity (Wildman–Crippen MR) is 177 cm³/mol. The van der Waals surface area contributed by atoms with Gasteiger partial charge < -0.3 is 4.74 Å². The van der Waals surface area contributed by atoms with Crippen molar-refractivity contribution in [2.24, 2.45) is 0 Å². The minimum absolute atomic E-state index is 0.197. The second-order valence-corrected chi connectivity index (χ2v) is 11.9. The molecule has 2 heterocycles. The SMILES string of the molecule is Cc1cccc(C)c1-n1nnnc1C(c1cccc(Oc2cc(Cl)cc(Cl)c2)c1)N1CCN(CC=Cc2ccccc2)CC1. The molecule has 5 aromatic rings. The van der Waals surface area contributed by atoms with Crippen LogP contribution in [0.15, 0.2) is 97.1 Å². The Hall–Kier alpha value is -4.01. The minimum atomic E-state index is -0.197. The Balaban J connectivity index is 1.30. The van der Waals surface area contributed by atoms with Crippen LogP contribution in [0, 0.1) is 13.8 Å². The average Bonchev–Trinajstić information content (AvgIpc) is 3.47. The molecule has 0 bridgehead atoms. The lowest BCUT2D eigenvalue weighted by molar-refractivity contribution is 0.113. The highest BCUT2D eigenvalue weighted by Gasteiger charge is 2.31. The third-order valence-corrected chi connectivity index (χ3v) is 8.32. The highest BCUT2D eigenvalue weighted by molar-refractivity contribution is 6.34. The number of rotatable bonds is 9. The molecular formula is C35H34Cl2N6O. The average molecular weight is 626 g/mol. The third kappa shape index (κ3) is 7.03. The Morgan fingerprint density at radius 2 is 1.50 bits per heavy atom. The van der Waals surface area contributed by atoms with Gasteiger partial charge in [-0.3, -0.25) is 9.80 Å². The number of tetrazole rings is 1. The van der Waals surface area contributed by atoms with E-state index in [1.807, 2.05) is 22.9 Å². The smallest absolute Gasteiger partial charge is 0.178 e. The van der Waals surface area contributed by atoms with Crippen LogP contribution in [0.2, 0.25) is 10.0 Å². The van der Waals surface area contributed by atoms with Crippen molar-refractivity contribution in [3.63, 3.8) is 0 Å². The summed E-state index contributed by atoms with van der Waals surface area (Å²) in [6.07, 6.45) is 4.43. The number of benzene rings is 4. The van der Waals surface area contributed by atoms with Gasteiger partial charge >= 0.3 is 0 Å². The number of piperazine rings is 1. The van der Waals surface area contributed by atoms with Crippen molar-refractivity contribution >= 4 is 29.3 Å². The van der Waals surface area contributed by atoms with Crippen molar-refractivity contribution in [1.82, 2.24) is 30.0 Å². The van der Waals surface area contributed by atoms with E-state index < -0.39 is 0 Å². The summed E-state index contributed by atoms with van der Waals surface area (Å²) in [7, 11) is 0. The van der Waals surface area contributed by atoms with Gasteiger partial charge in [0.25, 0.3) is 0 Å². The second kappa shape index (κ2) is 13.7. The number of hydrogen-bond donors (Lipinski definition) is 0. The summed E-state index contributed by atoms with van der Waals surface area (Å²) in [5, 5.41) is 14.3. The van der Waals surface area contributed by atoms with Crippen LogP contribution in [-0.4, -0.2) is 62.7 Å². The molecule has 0 spiro atoms. The predicted octanol–water partition coefficient (Wildman–Crippen LogP) is 7.80. The largest absolute Gasteiger partial charge is 0.457 e. The fourth-order valence-corrected chi connectivity index (χ4v) is 6.27. The first-order chi connectivity index (χ1) is 21.4. The molecule has 1 aliphatic rings. The van der Waals surface area contributed by atoms with E-state index in [4.69, 9.17) is 27.9 Å². The molecule has 0 radical (unpaired) electrons. The Morgan fingerprint density at radius 1 is 0.795 bits per heavy atom. The Bertz CT molecular complexity index is 1710. The lowest BCUT2D eigenvalue weighted by atomic mass is 10.0. The number of aromatic nitrogens is 4. The lowest BCUT2D eigenvalue weighted by Gasteiger charge is -2.38. The van der Waals surface area contributed by atoms with Gasteiger partial charge in [-0.05, 0) is 76.9 Å². The molecule has 1 unspecified atom stereocenters. The molecule has 1 aliphatic heterocycles. The van der Waals surface area contributed by atoms with Crippen molar-refractivity contribution in [3.05, 3.63) is 135 Å². The molecule has 0 N–H and O–H groups in total. The summed E-state index contributed by atoms with van der Waals surface area (Å²) in [6.45, 7) is 8.66. The van der Waals surface area contributed by atoms with Gasteiger partial charge in [-0.15, -0.1) is 5.10 Å². The molecule has 6 rings (SSSR count). The van der Waals surface area contributed by atoms with Gasteiger partial charge in [-0.25, -0.2) is 0 Å². The monoisotopic (exact) mass is 624 g/mol. The highest BCUT2D eigenvalue weighted by Crippen LogP contribution is 2.34. The minimum Gasteiger partial charge on any atom is -0.457 e. The van der Waals surface area contributed by atoms with E-state index in [9.17, 15) is 0 Å². The first-order valence-electron chi connectivity index (χ1n) is 14.7. The van der Waals surface area contributed by atoms with Gasteiger partial charge in [0.2, 0.25) is 0 Å². The molecule has 224 valence electrons. The number of ether oxygens (including phenoxy) is 1. The van der Waals surface area contributed by atoms with Crippen molar-refractivity contribution in [2.45, 2.75) is 19.9 Å². The Labute approximate surface area is 268 Å². The molecule has 9 heteroatoms. The van der Waals surface area contributed by atoms with Crippen molar-refractivity contribution in [3.8, 4) is 17.2 Å². The Morgan fingerprint density at radius 3 is 2.23 bits per heavy atom. The standard InChI is InChI=1S/C35H34Cl2N6O/c1-25-9-6-10-26(2)33(25)43-35(38-39-40-43)34(28-14-7-15-31(21-28)44-32-23-29(36)22-30(37)24-32)42-19-17-41(18-20-42)16-8-13-27-11-4-3-5-12-27/h3-15,21-24,34H,16-20H2,1-2H3. The molecule has 7 nitrogen and oxygen atoms in total. The van der Waals surface area contributed by atoms with Crippen LogP contribution >= 0.6 is 23.2 Å². The van der Waals surface area contributed by atoms with Gasteiger partial charge in [0, 0.05) is 42.8 Å². The maximum atomic E-state index is 6.24. The summed E-state index contributed by atoms with van der Waals surface area (Å²) >= 11 is 12.5. The van der Waals surface area contributed by atoms with Gasteiger partial charge in [0.1, 0.15) is 11.5 Å². The number of para-hydroxylation sites is 1. The van der Waals surface area contributed by atoms with Crippen LogP contribution in [-0.2, 0) is 0 Å². The maximum absolute atomic E-state index is 6.24. The second-order valence-electron chi connectivity index (χ2n) is 11.0. The molecule has 1 atom stereocenters. The van der Waals surface area contributed by atoms with Crippen molar-refractivity contribution in [2.75, 3.05) is 32.7 Å². The zero-order valence-electron chi connectivity index (χ0n) is 24.8. The van der Waals surface area contributed by atoms with Crippen LogP contribution in [0.4, 0.5) is 0 Å². The molecule has 1 fully saturated rings. The number of nitrogens with zero attached hydrogens (tertiary/aromatic N) is 6. The van der Waals surface area contributed by atoms with Crippen molar-refractivity contribution in [1.29, 1.82) is 0 Å². The molecule has 0 saturated carbocycles. The first-order valence-corrected chi connectivity index (χ1v) is 15.5. The first kappa shape index (κ1) is 30.0. The van der Waals surface area contributed by atoms with Crippen LogP contribution < -0.4 is 4.74 Å². The van der Waals surface area contributed by atoms with Crippen molar-refractivity contribution < 1.29 is 4.74 Å². The molecule has 44 heavy (non-hydrogen) atoms. The van der Waals surface area contributed by atoms with E-state index in [0.29, 0.717) is 21.5 Å². The Kier molecular flexibility index (Phi) is 9.38. The summed E-state index contributed by atoms with van der Waals surface area (Å²) in [6, 6.07) is 29.8. The van der Waals surface area contributed by atoms with Crippen LogP contribution in [0.3, 0.4) is 0 Å². The maximum Gasteiger partial charge on any atom is 0.178 e. The number of aryl methyl sites for hydroxylation is 2. The molecular weight excluding hydrogens is 591 g/mol.